The molecule has 1 N–H and O–H groups in total. The fraction of sp³-hybridized carbons (Fsp3) is 0.529. The first-order chi connectivity index (χ1) is 11.9. The first kappa shape index (κ1) is 17.7. The summed E-state index contributed by atoms with van der Waals surface area (Å²) in [6, 6.07) is 3.73. The number of nitro groups is 1. The fourth-order valence-electron chi connectivity index (χ4n) is 3.95. The van der Waals surface area contributed by atoms with Crippen LogP contribution in [-0.4, -0.2) is 23.4 Å². The third kappa shape index (κ3) is 4.28. The number of anilines is 1. The van der Waals surface area contributed by atoms with Crippen LogP contribution in [-0.2, 0) is 14.3 Å². The summed E-state index contributed by atoms with van der Waals surface area (Å²) in [5, 5.41) is 13.2. The smallest absolute Gasteiger partial charge is 0.306 e. The van der Waals surface area contributed by atoms with Crippen molar-refractivity contribution in [2.45, 2.75) is 32.1 Å². The predicted octanol–water partition coefficient (Wildman–Crippen LogP) is 3.56. The van der Waals surface area contributed by atoms with Crippen LogP contribution in [0.25, 0.3) is 0 Å². The molecule has 8 heteroatoms. The Morgan fingerprint density at radius 2 is 2.12 bits per heavy atom. The maximum atomic E-state index is 11.9. The molecule has 2 aliphatic carbocycles. The van der Waals surface area contributed by atoms with Gasteiger partial charge in [0.25, 0.3) is 11.6 Å². The van der Waals surface area contributed by atoms with Gasteiger partial charge in [-0.15, -0.1) is 0 Å². The summed E-state index contributed by atoms with van der Waals surface area (Å²) >= 11 is 5.90. The van der Waals surface area contributed by atoms with Crippen molar-refractivity contribution < 1.29 is 19.2 Å². The molecule has 0 heterocycles. The Labute approximate surface area is 149 Å². The first-order valence-corrected chi connectivity index (χ1v) is 8.69. The van der Waals surface area contributed by atoms with E-state index in [1.54, 1.807) is 0 Å². The van der Waals surface area contributed by atoms with Crippen LogP contribution in [0.4, 0.5) is 11.4 Å². The standard InChI is InChI=1S/C17H19ClN2O5/c18-14-8-13(20(23)24)3-4-15(14)19-16(21)9-25-17(22)7-12-6-10-1-2-11(12)5-10/h3-4,8,10-12H,1-2,5-7,9H2,(H,19,21)/t10-,11-,12+/m1/s1. The summed E-state index contributed by atoms with van der Waals surface area (Å²) in [6.45, 7) is -0.396. The number of esters is 1. The summed E-state index contributed by atoms with van der Waals surface area (Å²) in [5.41, 5.74) is 0.0710. The van der Waals surface area contributed by atoms with Crippen LogP contribution >= 0.6 is 11.6 Å². The van der Waals surface area contributed by atoms with Crippen molar-refractivity contribution in [3.8, 4) is 0 Å². The predicted molar refractivity (Wildman–Crippen MR) is 91.3 cm³/mol. The number of nitrogens with one attached hydrogen (secondary N) is 1. The number of ether oxygens (including phenoxy) is 1. The van der Waals surface area contributed by atoms with Gasteiger partial charge in [0.1, 0.15) is 0 Å². The molecule has 2 bridgehead atoms. The normalized spacial score (nSPS) is 24.1. The molecule has 7 nitrogen and oxygen atoms in total. The molecule has 25 heavy (non-hydrogen) atoms. The van der Waals surface area contributed by atoms with Crippen molar-refractivity contribution in [3.05, 3.63) is 33.3 Å². The molecule has 0 aromatic heterocycles. The molecule has 1 aromatic carbocycles. The number of rotatable bonds is 6. The van der Waals surface area contributed by atoms with Crippen LogP contribution < -0.4 is 5.32 Å². The Morgan fingerprint density at radius 3 is 2.72 bits per heavy atom. The molecule has 2 saturated carbocycles. The van der Waals surface area contributed by atoms with E-state index in [4.69, 9.17) is 16.3 Å². The number of nitrogens with zero attached hydrogens (tertiary/aromatic N) is 1. The molecular weight excluding hydrogens is 348 g/mol. The van der Waals surface area contributed by atoms with Gasteiger partial charge >= 0.3 is 5.97 Å². The van der Waals surface area contributed by atoms with E-state index < -0.39 is 17.4 Å². The number of hydrogen-bond acceptors (Lipinski definition) is 5. The van der Waals surface area contributed by atoms with Gasteiger partial charge in [0, 0.05) is 18.6 Å². The number of halogens is 1. The average Bonchev–Trinajstić information content (AvgIpc) is 3.17. The van der Waals surface area contributed by atoms with Gasteiger partial charge in [-0.2, -0.15) is 0 Å². The topological polar surface area (TPSA) is 98.5 Å². The van der Waals surface area contributed by atoms with Crippen LogP contribution in [0.15, 0.2) is 18.2 Å². The maximum absolute atomic E-state index is 11.9. The van der Waals surface area contributed by atoms with Crippen molar-refractivity contribution in [1.82, 2.24) is 0 Å². The van der Waals surface area contributed by atoms with Gasteiger partial charge in [0.15, 0.2) is 6.61 Å². The third-order valence-electron chi connectivity index (χ3n) is 5.12. The molecule has 2 aliphatic rings. The lowest BCUT2D eigenvalue weighted by Gasteiger charge is -2.20. The van der Waals surface area contributed by atoms with Gasteiger partial charge in [-0.1, -0.05) is 18.0 Å². The van der Waals surface area contributed by atoms with E-state index in [-0.39, 0.29) is 22.4 Å². The monoisotopic (exact) mass is 366 g/mol. The highest BCUT2D eigenvalue weighted by molar-refractivity contribution is 6.34. The van der Waals surface area contributed by atoms with E-state index >= 15 is 0 Å². The Kier molecular flexibility index (Phi) is 5.22. The van der Waals surface area contributed by atoms with E-state index in [1.165, 1.54) is 31.4 Å². The van der Waals surface area contributed by atoms with Crippen LogP contribution in [0.1, 0.15) is 32.1 Å². The van der Waals surface area contributed by atoms with Crippen LogP contribution in [0.5, 0.6) is 0 Å². The summed E-state index contributed by atoms with van der Waals surface area (Å²) in [6.07, 6.45) is 5.14. The highest BCUT2D eigenvalue weighted by Crippen LogP contribution is 2.49. The second-order valence-electron chi connectivity index (χ2n) is 6.77. The summed E-state index contributed by atoms with van der Waals surface area (Å²) in [4.78, 5) is 33.9. The lowest BCUT2D eigenvalue weighted by Crippen LogP contribution is -2.23. The van der Waals surface area contributed by atoms with Crippen molar-refractivity contribution >= 4 is 34.9 Å². The van der Waals surface area contributed by atoms with Crippen LogP contribution in [0.3, 0.4) is 0 Å². The van der Waals surface area contributed by atoms with Gasteiger partial charge in [-0.25, -0.2) is 0 Å². The second kappa shape index (κ2) is 7.39. The van der Waals surface area contributed by atoms with Crippen molar-refractivity contribution in [3.63, 3.8) is 0 Å². The molecule has 0 aliphatic heterocycles. The number of fused-ring (bicyclic) bond motifs is 2. The SMILES string of the molecule is O=C(COC(=O)C[C@@H]1C[C@@H]2CC[C@@H]1C2)Nc1ccc([N+](=O)[O-])cc1Cl. The fourth-order valence-corrected chi connectivity index (χ4v) is 4.17. The van der Waals surface area contributed by atoms with Crippen LogP contribution in [0.2, 0.25) is 5.02 Å². The molecule has 1 aromatic rings. The molecule has 1 amide bonds. The number of nitro benzene ring substituents is 1. The molecule has 3 atom stereocenters. The van der Waals surface area contributed by atoms with Gasteiger partial charge in [0.05, 0.1) is 15.6 Å². The minimum Gasteiger partial charge on any atom is -0.456 e. The number of non-ortho nitro benzene ring substituents is 1. The molecular formula is C17H19ClN2O5. The van der Waals surface area contributed by atoms with Gasteiger partial charge in [0.2, 0.25) is 0 Å². The van der Waals surface area contributed by atoms with Crippen LogP contribution in [0, 0.1) is 27.9 Å². The van der Waals surface area contributed by atoms with Gasteiger partial charge < -0.3 is 10.1 Å². The van der Waals surface area contributed by atoms with Gasteiger partial charge in [-0.05, 0) is 43.1 Å². The second-order valence-corrected chi connectivity index (χ2v) is 7.18. The molecule has 0 spiro atoms. The molecule has 0 saturated heterocycles. The van der Waals surface area contributed by atoms with Gasteiger partial charge in [-0.3, -0.25) is 19.7 Å². The quantitative estimate of drug-likeness (QED) is 0.471. The van der Waals surface area contributed by atoms with Crippen molar-refractivity contribution in [2.24, 2.45) is 17.8 Å². The minimum atomic E-state index is -0.574. The molecule has 2 fully saturated rings. The maximum Gasteiger partial charge on any atom is 0.306 e. The highest BCUT2D eigenvalue weighted by atomic mass is 35.5. The van der Waals surface area contributed by atoms with E-state index in [0.717, 1.165) is 18.4 Å². The zero-order valence-electron chi connectivity index (χ0n) is 13.6. The zero-order chi connectivity index (χ0) is 18.0. The van der Waals surface area contributed by atoms with E-state index in [0.29, 0.717) is 18.3 Å². The largest absolute Gasteiger partial charge is 0.456 e. The average molecular weight is 367 g/mol. The Bertz CT molecular complexity index is 708. The lowest BCUT2D eigenvalue weighted by atomic mass is 9.86. The Balaban J connectivity index is 1.45. The van der Waals surface area contributed by atoms with Crippen molar-refractivity contribution in [2.75, 3.05) is 11.9 Å². The minimum absolute atomic E-state index is 0.0517. The molecule has 134 valence electrons. The summed E-state index contributed by atoms with van der Waals surface area (Å²) < 4.78 is 5.05. The van der Waals surface area contributed by atoms with Crippen molar-refractivity contribution in [1.29, 1.82) is 0 Å². The number of benzene rings is 1. The number of amides is 1. The Morgan fingerprint density at radius 1 is 1.32 bits per heavy atom. The van der Waals surface area contributed by atoms with E-state index in [2.05, 4.69) is 5.32 Å². The molecule has 0 unspecified atom stereocenters. The molecule has 3 rings (SSSR count). The number of carbonyl (C=O) groups is 2. The Hall–Kier alpha value is -2.15. The molecule has 0 radical (unpaired) electrons. The van der Waals surface area contributed by atoms with E-state index in [1.807, 2.05) is 0 Å². The number of carbonyl (C=O) groups excluding carboxylic acids is 2. The third-order valence-corrected chi connectivity index (χ3v) is 5.43. The summed E-state index contributed by atoms with van der Waals surface area (Å²) in [7, 11) is 0. The lowest BCUT2D eigenvalue weighted by molar-refractivity contribution is -0.384. The summed E-state index contributed by atoms with van der Waals surface area (Å²) in [5.74, 6) is 0.888. The number of hydrogen-bond donors (Lipinski definition) is 1. The first-order valence-electron chi connectivity index (χ1n) is 8.31. The highest BCUT2D eigenvalue weighted by Gasteiger charge is 2.40. The zero-order valence-corrected chi connectivity index (χ0v) is 14.3. The van der Waals surface area contributed by atoms with E-state index in [9.17, 15) is 19.7 Å².